The maximum atomic E-state index is 12.3. The monoisotopic (exact) mass is 236 g/mol. The standard InChI is InChI=1S/C7H4ClF3N4/c1-2-3-4(15-14-2)5(8)13-6(12-3)7(9,10)11/h1H3,(H,14,15). The third-order valence-corrected chi connectivity index (χ3v) is 2.05. The van der Waals surface area contributed by atoms with Crippen molar-refractivity contribution in [1.29, 1.82) is 0 Å². The van der Waals surface area contributed by atoms with E-state index in [1.54, 1.807) is 6.92 Å². The molecule has 0 fully saturated rings. The molecule has 0 saturated carbocycles. The van der Waals surface area contributed by atoms with Crippen LogP contribution in [0.5, 0.6) is 0 Å². The van der Waals surface area contributed by atoms with Gasteiger partial charge >= 0.3 is 6.18 Å². The summed E-state index contributed by atoms with van der Waals surface area (Å²) in [5.41, 5.74) is 0.643. The van der Waals surface area contributed by atoms with Crippen LogP contribution in [0, 0.1) is 6.92 Å². The van der Waals surface area contributed by atoms with E-state index in [0.717, 1.165) is 0 Å². The Labute approximate surface area is 86.5 Å². The molecule has 0 amide bonds. The van der Waals surface area contributed by atoms with E-state index in [1.165, 1.54) is 0 Å². The predicted octanol–water partition coefficient (Wildman–Crippen LogP) is 2.33. The number of aromatic amines is 1. The van der Waals surface area contributed by atoms with Gasteiger partial charge in [-0.1, -0.05) is 11.6 Å². The Bertz CT molecular complexity index is 519. The predicted molar refractivity (Wildman–Crippen MR) is 46.4 cm³/mol. The fourth-order valence-electron chi connectivity index (χ4n) is 1.11. The molecule has 2 rings (SSSR count). The van der Waals surface area contributed by atoms with Crippen LogP contribution in [0.15, 0.2) is 0 Å². The molecule has 2 aromatic rings. The molecule has 0 saturated heterocycles. The average Bonchev–Trinajstić information content (AvgIpc) is 2.47. The van der Waals surface area contributed by atoms with E-state index in [9.17, 15) is 13.2 Å². The minimum absolute atomic E-state index is 0.0855. The quantitative estimate of drug-likeness (QED) is 0.715. The van der Waals surface area contributed by atoms with Gasteiger partial charge in [0.1, 0.15) is 11.0 Å². The van der Waals surface area contributed by atoms with Gasteiger partial charge in [-0.2, -0.15) is 18.3 Å². The highest BCUT2D eigenvalue weighted by Gasteiger charge is 2.35. The second-order valence-corrected chi connectivity index (χ2v) is 3.24. The van der Waals surface area contributed by atoms with Crippen molar-refractivity contribution in [2.45, 2.75) is 13.1 Å². The molecule has 0 spiro atoms. The van der Waals surface area contributed by atoms with Crippen molar-refractivity contribution < 1.29 is 13.2 Å². The van der Waals surface area contributed by atoms with Crippen molar-refractivity contribution in [3.05, 3.63) is 16.7 Å². The SMILES string of the molecule is Cc1[nH]nc2c(Cl)nc(C(F)(F)F)nc12. The molecule has 2 aromatic heterocycles. The number of fused-ring (bicyclic) bond motifs is 1. The first-order chi connectivity index (χ1) is 6.89. The smallest absolute Gasteiger partial charge is 0.280 e. The molecule has 80 valence electrons. The summed E-state index contributed by atoms with van der Waals surface area (Å²) in [4.78, 5) is 6.49. The van der Waals surface area contributed by atoms with Gasteiger partial charge in [0.25, 0.3) is 0 Å². The zero-order valence-electron chi connectivity index (χ0n) is 7.35. The van der Waals surface area contributed by atoms with E-state index < -0.39 is 12.0 Å². The van der Waals surface area contributed by atoms with Crippen LogP contribution in [0.3, 0.4) is 0 Å². The molecule has 15 heavy (non-hydrogen) atoms. The highest BCUT2D eigenvalue weighted by molar-refractivity contribution is 6.33. The molecule has 0 bridgehead atoms. The van der Waals surface area contributed by atoms with E-state index in [0.29, 0.717) is 5.69 Å². The average molecular weight is 237 g/mol. The maximum absolute atomic E-state index is 12.3. The second-order valence-electron chi connectivity index (χ2n) is 2.88. The minimum atomic E-state index is -4.61. The van der Waals surface area contributed by atoms with E-state index >= 15 is 0 Å². The van der Waals surface area contributed by atoms with Crippen molar-refractivity contribution >= 4 is 22.6 Å². The lowest BCUT2D eigenvalue weighted by atomic mass is 10.3. The van der Waals surface area contributed by atoms with Crippen LogP contribution >= 0.6 is 11.6 Å². The summed E-state index contributed by atoms with van der Waals surface area (Å²) in [6.07, 6.45) is -4.61. The van der Waals surface area contributed by atoms with Gasteiger partial charge in [0, 0.05) is 0 Å². The molecule has 0 aliphatic rings. The van der Waals surface area contributed by atoms with Crippen molar-refractivity contribution in [2.75, 3.05) is 0 Å². The number of aryl methyl sites for hydroxylation is 1. The third kappa shape index (κ3) is 1.63. The van der Waals surface area contributed by atoms with E-state index in [4.69, 9.17) is 11.6 Å². The molecular formula is C7H4ClF3N4. The lowest BCUT2D eigenvalue weighted by molar-refractivity contribution is -0.144. The van der Waals surface area contributed by atoms with Gasteiger partial charge in [-0.3, -0.25) is 5.10 Å². The Hall–Kier alpha value is -1.37. The van der Waals surface area contributed by atoms with Crippen LogP contribution in [-0.2, 0) is 6.18 Å². The van der Waals surface area contributed by atoms with Crippen LogP contribution in [0.1, 0.15) is 11.5 Å². The van der Waals surface area contributed by atoms with Crippen LogP contribution in [0.2, 0.25) is 5.15 Å². The molecular weight excluding hydrogens is 233 g/mol. The first-order valence-corrected chi connectivity index (χ1v) is 4.23. The molecule has 0 radical (unpaired) electrons. The number of halogens is 4. The molecule has 4 nitrogen and oxygen atoms in total. The van der Waals surface area contributed by atoms with Crippen molar-refractivity contribution in [2.24, 2.45) is 0 Å². The highest BCUT2D eigenvalue weighted by atomic mass is 35.5. The Balaban J connectivity index is 2.76. The zero-order valence-corrected chi connectivity index (χ0v) is 8.11. The number of hydrogen-bond acceptors (Lipinski definition) is 3. The lowest BCUT2D eigenvalue weighted by Crippen LogP contribution is -2.11. The minimum Gasteiger partial charge on any atom is -0.280 e. The molecule has 0 aromatic carbocycles. The van der Waals surface area contributed by atoms with Crippen LogP contribution in [-0.4, -0.2) is 20.2 Å². The van der Waals surface area contributed by atoms with Crippen LogP contribution < -0.4 is 0 Å². The van der Waals surface area contributed by atoms with Gasteiger partial charge in [0.15, 0.2) is 5.15 Å². The number of hydrogen-bond donors (Lipinski definition) is 1. The normalized spacial score (nSPS) is 12.3. The first-order valence-electron chi connectivity index (χ1n) is 3.85. The van der Waals surface area contributed by atoms with Gasteiger partial charge in [0.05, 0.1) is 5.69 Å². The van der Waals surface area contributed by atoms with Gasteiger partial charge in [-0.15, -0.1) is 0 Å². The van der Waals surface area contributed by atoms with Gasteiger partial charge in [-0.05, 0) is 6.92 Å². The summed E-state index contributed by atoms with van der Waals surface area (Å²) >= 11 is 5.55. The number of nitrogens with one attached hydrogen (secondary N) is 1. The maximum Gasteiger partial charge on any atom is 0.451 e. The van der Waals surface area contributed by atoms with Crippen LogP contribution in [0.4, 0.5) is 13.2 Å². The number of H-pyrrole nitrogens is 1. The summed E-state index contributed by atoms with van der Waals surface area (Å²) in [6.45, 7) is 1.55. The number of alkyl halides is 3. The number of nitrogens with zero attached hydrogens (tertiary/aromatic N) is 3. The summed E-state index contributed by atoms with van der Waals surface area (Å²) in [6, 6.07) is 0. The molecule has 0 aliphatic carbocycles. The van der Waals surface area contributed by atoms with E-state index in [-0.39, 0.29) is 16.2 Å². The van der Waals surface area contributed by atoms with Crippen molar-refractivity contribution in [3.63, 3.8) is 0 Å². The summed E-state index contributed by atoms with van der Waals surface area (Å²) < 4.78 is 37.0. The fourth-order valence-corrected chi connectivity index (χ4v) is 1.32. The van der Waals surface area contributed by atoms with Crippen molar-refractivity contribution in [1.82, 2.24) is 20.2 Å². The Kier molecular flexibility index (Phi) is 2.07. The summed E-state index contributed by atoms with van der Waals surface area (Å²) in [7, 11) is 0. The van der Waals surface area contributed by atoms with Gasteiger partial charge in [-0.25, -0.2) is 9.97 Å². The highest BCUT2D eigenvalue weighted by Crippen LogP contribution is 2.29. The number of aromatic nitrogens is 4. The molecule has 0 aliphatic heterocycles. The molecule has 0 unspecified atom stereocenters. The van der Waals surface area contributed by atoms with E-state index in [1.807, 2.05) is 0 Å². The molecule has 2 heterocycles. The largest absolute Gasteiger partial charge is 0.451 e. The first kappa shape index (κ1) is 10.2. The molecule has 0 atom stereocenters. The van der Waals surface area contributed by atoms with Crippen molar-refractivity contribution in [3.8, 4) is 0 Å². The van der Waals surface area contributed by atoms with Gasteiger partial charge in [0.2, 0.25) is 5.82 Å². The van der Waals surface area contributed by atoms with Crippen LogP contribution in [0.25, 0.3) is 11.0 Å². The molecule has 1 N–H and O–H groups in total. The Morgan fingerprint density at radius 1 is 1.20 bits per heavy atom. The topological polar surface area (TPSA) is 54.5 Å². The second kappa shape index (κ2) is 3.06. The fraction of sp³-hybridized carbons (Fsp3) is 0.286. The Morgan fingerprint density at radius 2 is 1.87 bits per heavy atom. The molecule has 8 heteroatoms. The zero-order chi connectivity index (χ0) is 11.2. The van der Waals surface area contributed by atoms with Gasteiger partial charge < -0.3 is 0 Å². The number of rotatable bonds is 0. The summed E-state index contributed by atoms with van der Waals surface area (Å²) in [5, 5.41) is 5.87. The third-order valence-electron chi connectivity index (χ3n) is 1.79. The van der Waals surface area contributed by atoms with E-state index in [2.05, 4.69) is 20.2 Å². The lowest BCUT2D eigenvalue weighted by Gasteiger charge is -2.04. The summed E-state index contributed by atoms with van der Waals surface area (Å²) in [5.74, 6) is -1.26. The Morgan fingerprint density at radius 3 is 2.47 bits per heavy atom.